The van der Waals surface area contributed by atoms with Crippen LogP contribution in [0.15, 0.2) is 29.2 Å². The molecular weight excluding hydrogens is 226 g/mol. The molecule has 0 saturated carbocycles. The highest BCUT2D eigenvalue weighted by molar-refractivity contribution is 7.80. The number of thiol groups is 1. The molecule has 0 spiro atoms. The van der Waals surface area contributed by atoms with Crippen molar-refractivity contribution in [3.63, 3.8) is 0 Å². The van der Waals surface area contributed by atoms with Gasteiger partial charge in [0.05, 0.1) is 0 Å². The normalized spacial score (nSPS) is 13.0. The summed E-state index contributed by atoms with van der Waals surface area (Å²) < 4.78 is 0. The van der Waals surface area contributed by atoms with E-state index in [1.54, 1.807) is 0 Å². The van der Waals surface area contributed by atoms with Crippen LogP contribution in [0.4, 0.5) is 5.69 Å². The van der Waals surface area contributed by atoms with Crippen LogP contribution in [0.5, 0.6) is 0 Å². The fourth-order valence-electron chi connectivity index (χ4n) is 1.82. The van der Waals surface area contributed by atoms with Gasteiger partial charge in [-0.25, -0.2) is 0 Å². The number of allylic oxidation sites excluding steroid dienone is 1. The van der Waals surface area contributed by atoms with Crippen molar-refractivity contribution in [3.8, 4) is 0 Å². The Balaban J connectivity index is 2.89. The molecular formula is C15H23NS. The Morgan fingerprint density at radius 2 is 2.06 bits per heavy atom. The summed E-state index contributed by atoms with van der Waals surface area (Å²) >= 11 is 4.49. The Labute approximate surface area is 111 Å². The van der Waals surface area contributed by atoms with Crippen molar-refractivity contribution in [1.82, 2.24) is 0 Å². The van der Waals surface area contributed by atoms with E-state index < -0.39 is 0 Å². The summed E-state index contributed by atoms with van der Waals surface area (Å²) in [6, 6.07) is 4.71. The van der Waals surface area contributed by atoms with Gasteiger partial charge >= 0.3 is 0 Å². The molecule has 0 aromatic heterocycles. The number of rotatable bonds is 5. The van der Waals surface area contributed by atoms with Crippen LogP contribution in [0, 0.1) is 6.92 Å². The lowest BCUT2D eigenvalue weighted by atomic mass is 10.1. The lowest BCUT2D eigenvalue weighted by Crippen LogP contribution is -2.13. The van der Waals surface area contributed by atoms with Crippen LogP contribution in [-0.2, 0) is 6.42 Å². The third-order valence-electron chi connectivity index (χ3n) is 2.85. The predicted molar refractivity (Wildman–Crippen MR) is 80.3 cm³/mol. The molecule has 1 aromatic carbocycles. The molecule has 1 rings (SSSR count). The van der Waals surface area contributed by atoms with Gasteiger partial charge in [-0.3, -0.25) is 0 Å². The van der Waals surface area contributed by atoms with Crippen LogP contribution >= 0.6 is 12.6 Å². The number of aryl methyl sites for hydroxylation is 2. The number of anilines is 1. The molecule has 0 saturated heterocycles. The largest absolute Gasteiger partial charge is 0.379 e. The second-order valence-electron chi connectivity index (χ2n) is 4.42. The molecule has 1 N–H and O–H groups in total. The smallest absolute Gasteiger partial charge is 0.0416 e. The van der Waals surface area contributed by atoms with Crippen LogP contribution in [-0.4, -0.2) is 6.04 Å². The zero-order valence-corrected chi connectivity index (χ0v) is 12.1. The van der Waals surface area contributed by atoms with Gasteiger partial charge in [-0.1, -0.05) is 32.1 Å². The molecule has 0 bridgehead atoms. The third kappa shape index (κ3) is 4.12. The summed E-state index contributed by atoms with van der Waals surface area (Å²) in [4.78, 5) is 1.05. The van der Waals surface area contributed by atoms with Gasteiger partial charge in [0.25, 0.3) is 0 Å². The number of benzene rings is 1. The summed E-state index contributed by atoms with van der Waals surface area (Å²) in [7, 11) is 0. The maximum atomic E-state index is 4.49. The van der Waals surface area contributed by atoms with Crippen molar-refractivity contribution in [2.24, 2.45) is 0 Å². The van der Waals surface area contributed by atoms with Gasteiger partial charge in [-0.2, -0.15) is 0 Å². The zero-order chi connectivity index (χ0) is 12.8. The highest BCUT2D eigenvalue weighted by Gasteiger charge is 2.06. The number of hydrogen-bond donors (Lipinski definition) is 2. The highest BCUT2D eigenvalue weighted by Crippen LogP contribution is 2.25. The molecule has 0 aliphatic rings. The van der Waals surface area contributed by atoms with Crippen molar-refractivity contribution in [2.45, 2.75) is 51.5 Å². The summed E-state index contributed by atoms with van der Waals surface area (Å²) in [5.41, 5.74) is 3.81. The van der Waals surface area contributed by atoms with Gasteiger partial charge in [0.15, 0.2) is 0 Å². The van der Waals surface area contributed by atoms with E-state index >= 15 is 0 Å². The zero-order valence-electron chi connectivity index (χ0n) is 11.2. The topological polar surface area (TPSA) is 12.0 Å². The predicted octanol–water partition coefficient (Wildman–Crippen LogP) is 4.61. The van der Waals surface area contributed by atoms with Gasteiger partial charge < -0.3 is 5.32 Å². The first-order valence-electron chi connectivity index (χ1n) is 6.34. The maximum absolute atomic E-state index is 4.49. The maximum Gasteiger partial charge on any atom is 0.0416 e. The fourth-order valence-corrected chi connectivity index (χ4v) is 2.01. The summed E-state index contributed by atoms with van der Waals surface area (Å²) in [6.07, 6.45) is 6.52. The summed E-state index contributed by atoms with van der Waals surface area (Å²) in [5, 5.41) is 3.53. The average molecular weight is 249 g/mol. The summed E-state index contributed by atoms with van der Waals surface area (Å²) in [6.45, 7) is 8.61. The molecule has 2 heteroatoms. The van der Waals surface area contributed by atoms with Gasteiger partial charge in [-0.05, 0) is 43.9 Å². The Hall–Kier alpha value is -0.890. The minimum atomic E-state index is 0.357. The van der Waals surface area contributed by atoms with Crippen molar-refractivity contribution < 1.29 is 0 Å². The molecule has 0 radical (unpaired) electrons. The molecule has 0 heterocycles. The Bertz CT molecular complexity index is 396. The fraction of sp³-hybridized carbons (Fsp3) is 0.467. The highest BCUT2D eigenvalue weighted by atomic mass is 32.1. The molecule has 0 fully saturated rings. The van der Waals surface area contributed by atoms with Gasteiger partial charge in [-0.15, -0.1) is 12.6 Å². The lowest BCUT2D eigenvalue weighted by molar-refractivity contribution is 0.970. The van der Waals surface area contributed by atoms with E-state index in [9.17, 15) is 0 Å². The van der Waals surface area contributed by atoms with Gasteiger partial charge in [0.2, 0.25) is 0 Å². The molecule has 1 aromatic rings. The molecule has 17 heavy (non-hydrogen) atoms. The van der Waals surface area contributed by atoms with Crippen molar-refractivity contribution >= 4 is 18.3 Å². The standard InChI is InChI=1S/C15H23NS/c1-5-7-8-12(4)16-14-10-15(17)11(3)9-13(14)6-2/h7-10,12,16-17H,5-6H2,1-4H3/b8-7-/t12-/m1/s1. The molecule has 0 aliphatic carbocycles. The minimum absolute atomic E-state index is 0.357. The van der Waals surface area contributed by atoms with E-state index in [-0.39, 0.29) is 0 Å². The van der Waals surface area contributed by atoms with E-state index in [0.717, 1.165) is 17.7 Å². The quantitative estimate of drug-likeness (QED) is 0.573. The first kappa shape index (κ1) is 14.2. The van der Waals surface area contributed by atoms with Crippen LogP contribution < -0.4 is 5.32 Å². The molecule has 0 unspecified atom stereocenters. The molecule has 0 amide bonds. The van der Waals surface area contributed by atoms with Gasteiger partial charge in [0.1, 0.15) is 0 Å². The molecule has 1 nitrogen and oxygen atoms in total. The Morgan fingerprint density at radius 1 is 1.35 bits per heavy atom. The Morgan fingerprint density at radius 3 is 2.65 bits per heavy atom. The molecule has 0 aliphatic heterocycles. The lowest BCUT2D eigenvalue weighted by Gasteiger charge is -2.16. The first-order chi connectivity index (χ1) is 8.08. The monoisotopic (exact) mass is 249 g/mol. The van der Waals surface area contributed by atoms with Crippen LogP contribution in [0.1, 0.15) is 38.3 Å². The SMILES string of the molecule is CC/C=C\[C@@H](C)Nc1cc(S)c(C)cc1CC. The van der Waals surface area contributed by atoms with Crippen LogP contribution in [0.3, 0.4) is 0 Å². The summed E-state index contributed by atoms with van der Waals surface area (Å²) in [5.74, 6) is 0. The third-order valence-corrected chi connectivity index (χ3v) is 3.33. The van der Waals surface area contributed by atoms with Crippen LogP contribution in [0.25, 0.3) is 0 Å². The second kappa shape index (κ2) is 6.75. The molecule has 94 valence electrons. The Kier molecular flexibility index (Phi) is 5.63. The van der Waals surface area contributed by atoms with Gasteiger partial charge in [0, 0.05) is 16.6 Å². The average Bonchev–Trinajstić information content (AvgIpc) is 2.31. The minimum Gasteiger partial charge on any atom is -0.379 e. The number of hydrogen-bond acceptors (Lipinski definition) is 2. The van der Waals surface area contributed by atoms with E-state index in [1.165, 1.54) is 16.8 Å². The van der Waals surface area contributed by atoms with Crippen molar-refractivity contribution in [1.29, 1.82) is 0 Å². The van der Waals surface area contributed by atoms with E-state index in [0.29, 0.717) is 6.04 Å². The van der Waals surface area contributed by atoms with Crippen LogP contribution in [0.2, 0.25) is 0 Å². The van der Waals surface area contributed by atoms with E-state index in [1.807, 2.05) is 0 Å². The van der Waals surface area contributed by atoms with Crippen molar-refractivity contribution in [2.75, 3.05) is 5.32 Å². The van der Waals surface area contributed by atoms with E-state index in [4.69, 9.17) is 0 Å². The molecule has 1 atom stereocenters. The number of nitrogens with one attached hydrogen (secondary N) is 1. The second-order valence-corrected chi connectivity index (χ2v) is 4.90. The van der Waals surface area contributed by atoms with Crippen molar-refractivity contribution in [3.05, 3.63) is 35.4 Å². The first-order valence-corrected chi connectivity index (χ1v) is 6.78. The van der Waals surface area contributed by atoms with E-state index in [2.05, 4.69) is 69.9 Å².